The summed E-state index contributed by atoms with van der Waals surface area (Å²) < 4.78 is 5.14. The van der Waals surface area contributed by atoms with E-state index in [1.807, 2.05) is 31.2 Å². The highest BCUT2D eigenvalue weighted by atomic mass is 35.5. The number of rotatable bonds is 6. The van der Waals surface area contributed by atoms with Crippen LogP contribution in [-0.2, 0) is 11.3 Å². The van der Waals surface area contributed by atoms with E-state index in [1.165, 1.54) is 0 Å². The molecule has 0 aliphatic rings. The van der Waals surface area contributed by atoms with E-state index in [-0.39, 0.29) is 0 Å². The van der Waals surface area contributed by atoms with E-state index in [0.717, 1.165) is 16.9 Å². The lowest BCUT2D eigenvalue weighted by Gasteiger charge is -2.10. The van der Waals surface area contributed by atoms with E-state index >= 15 is 0 Å². The average Bonchev–Trinajstić information content (AvgIpc) is 2.96. The van der Waals surface area contributed by atoms with Gasteiger partial charge in [0.05, 0.1) is 19.0 Å². The summed E-state index contributed by atoms with van der Waals surface area (Å²) in [7, 11) is 1.63. The minimum atomic E-state index is 0.445. The fourth-order valence-electron chi connectivity index (χ4n) is 2.17. The molecule has 3 rings (SSSR count). The summed E-state index contributed by atoms with van der Waals surface area (Å²) in [6, 6.07) is 7.50. The Balaban J connectivity index is 1.76. The van der Waals surface area contributed by atoms with Gasteiger partial charge in [-0.3, -0.25) is 10.1 Å². The van der Waals surface area contributed by atoms with Gasteiger partial charge in [-0.25, -0.2) is 4.98 Å². The maximum atomic E-state index is 6.14. The number of aromatic nitrogens is 4. The summed E-state index contributed by atoms with van der Waals surface area (Å²) in [4.78, 5) is 8.65. The molecule has 0 aliphatic heterocycles. The van der Waals surface area contributed by atoms with E-state index in [2.05, 4.69) is 30.8 Å². The molecule has 0 saturated carbocycles. The number of benzene rings is 1. The second-order valence-electron chi connectivity index (χ2n) is 5.21. The van der Waals surface area contributed by atoms with Gasteiger partial charge in [-0.05, 0) is 30.7 Å². The predicted molar refractivity (Wildman–Crippen MR) is 94.1 cm³/mol. The Morgan fingerprint density at radius 2 is 1.92 bits per heavy atom. The van der Waals surface area contributed by atoms with Gasteiger partial charge in [0.25, 0.3) is 0 Å². The van der Waals surface area contributed by atoms with E-state index in [0.29, 0.717) is 29.1 Å². The van der Waals surface area contributed by atoms with E-state index < -0.39 is 0 Å². The fraction of sp³-hybridized carbons (Fsp3) is 0.188. The number of hydrogen-bond acceptors (Lipinski definition) is 6. The molecule has 0 atom stereocenters. The molecule has 2 heterocycles. The SMILES string of the molecule is COCc1cc(Nc2cncc(Nc3cc(C)[nH]n3)n2)ccc1Cl. The number of nitrogens with zero attached hydrogens (tertiary/aromatic N) is 3. The minimum absolute atomic E-state index is 0.445. The van der Waals surface area contributed by atoms with Crippen molar-refractivity contribution in [3.63, 3.8) is 0 Å². The van der Waals surface area contributed by atoms with Crippen LogP contribution in [0.2, 0.25) is 5.02 Å². The van der Waals surface area contributed by atoms with Crippen LogP contribution in [0.5, 0.6) is 0 Å². The first-order valence-corrected chi connectivity index (χ1v) is 7.67. The summed E-state index contributed by atoms with van der Waals surface area (Å²) in [5.41, 5.74) is 2.72. The third-order valence-electron chi connectivity index (χ3n) is 3.21. The number of ether oxygens (including phenoxy) is 1. The lowest BCUT2D eigenvalue weighted by molar-refractivity contribution is 0.185. The number of aryl methyl sites for hydroxylation is 1. The van der Waals surface area contributed by atoms with Crippen molar-refractivity contribution in [3.05, 3.63) is 52.9 Å². The molecule has 0 fully saturated rings. The number of H-pyrrole nitrogens is 1. The average molecular weight is 345 g/mol. The fourth-order valence-corrected chi connectivity index (χ4v) is 2.34. The first-order valence-electron chi connectivity index (χ1n) is 7.29. The second kappa shape index (κ2) is 7.29. The predicted octanol–water partition coefficient (Wildman–Crippen LogP) is 3.80. The Bertz CT molecular complexity index is 835. The van der Waals surface area contributed by atoms with Crippen LogP contribution in [0.3, 0.4) is 0 Å². The van der Waals surface area contributed by atoms with Gasteiger partial charge in [-0.15, -0.1) is 0 Å². The zero-order chi connectivity index (χ0) is 16.9. The van der Waals surface area contributed by atoms with E-state index in [9.17, 15) is 0 Å². The molecule has 24 heavy (non-hydrogen) atoms. The van der Waals surface area contributed by atoms with Crippen molar-refractivity contribution in [2.24, 2.45) is 0 Å². The molecule has 2 aromatic heterocycles. The molecule has 3 aromatic rings. The number of hydrogen-bond donors (Lipinski definition) is 3. The molecule has 124 valence electrons. The molecule has 8 heteroatoms. The van der Waals surface area contributed by atoms with Crippen LogP contribution < -0.4 is 10.6 Å². The summed E-state index contributed by atoms with van der Waals surface area (Å²) in [6.45, 7) is 2.38. The lowest BCUT2D eigenvalue weighted by Crippen LogP contribution is -2.00. The Kier molecular flexibility index (Phi) is 4.93. The maximum Gasteiger partial charge on any atom is 0.153 e. The number of halogens is 1. The van der Waals surface area contributed by atoms with Gasteiger partial charge < -0.3 is 15.4 Å². The number of methoxy groups -OCH3 is 1. The highest BCUT2D eigenvalue weighted by Gasteiger charge is 2.05. The Hall–Kier alpha value is -2.64. The second-order valence-corrected chi connectivity index (χ2v) is 5.62. The summed E-state index contributed by atoms with van der Waals surface area (Å²) in [5.74, 6) is 1.89. The van der Waals surface area contributed by atoms with Gasteiger partial charge >= 0.3 is 0 Å². The molecule has 3 N–H and O–H groups in total. The van der Waals surface area contributed by atoms with Crippen molar-refractivity contribution in [2.45, 2.75) is 13.5 Å². The van der Waals surface area contributed by atoms with Crippen LogP contribution >= 0.6 is 11.6 Å². The molecule has 0 amide bonds. The first-order chi connectivity index (χ1) is 11.6. The highest BCUT2D eigenvalue weighted by molar-refractivity contribution is 6.31. The van der Waals surface area contributed by atoms with Crippen LogP contribution in [0.15, 0.2) is 36.7 Å². The highest BCUT2D eigenvalue weighted by Crippen LogP contribution is 2.24. The van der Waals surface area contributed by atoms with Gasteiger partial charge in [0.1, 0.15) is 0 Å². The van der Waals surface area contributed by atoms with E-state index in [4.69, 9.17) is 16.3 Å². The van der Waals surface area contributed by atoms with Crippen LogP contribution in [0.4, 0.5) is 23.1 Å². The Labute approximate surface area is 144 Å². The van der Waals surface area contributed by atoms with Gasteiger partial charge in [0.15, 0.2) is 17.5 Å². The first kappa shape index (κ1) is 16.2. The Morgan fingerprint density at radius 1 is 1.12 bits per heavy atom. The molecule has 0 radical (unpaired) electrons. The topological polar surface area (TPSA) is 87.8 Å². The van der Waals surface area contributed by atoms with Crippen molar-refractivity contribution >= 4 is 34.7 Å². The quantitative estimate of drug-likeness (QED) is 0.630. The molecule has 1 aromatic carbocycles. The molecule has 0 bridgehead atoms. The number of nitrogens with one attached hydrogen (secondary N) is 3. The summed E-state index contributed by atoms with van der Waals surface area (Å²) in [6.07, 6.45) is 3.28. The third kappa shape index (κ3) is 4.01. The third-order valence-corrected chi connectivity index (χ3v) is 3.58. The molecule has 0 saturated heterocycles. The largest absolute Gasteiger partial charge is 0.380 e. The van der Waals surface area contributed by atoms with Gasteiger partial charge in [-0.1, -0.05) is 11.6 Å². The normalized spacial score (nSPS) is 10.6. The van der Waals surface area contributed by atoms with Crippen molar-refractivity contribution in [3.8, 4) is 0 Å². The van der Waals surface area contributed by atoms with Crippen molar-refractivity contribution in [1.29, 1.82) is 0 Å². The van der Waals surface area contributed by atoms with Crippen molar-refractivity contribution < 1.29 is 4.74 Å². The zero-order valence-corrected chi connectivity index (χ0v) is 14.1. The van der Waals surface area contributed by atoms with Crippen molar-refractivity contribution in [1.82, 2.24) is 20.2 Å². The molecular formula is C16H17ClN6O. The molecule has 0 unspecified atom stereocenters. The minimum Gasteiger partial charge on any atom is -0.380 e. The molecule has 0 spiro atoms. The standard InChI is InChI=1S/C16H17ClN6O/c1-10-5-14(23-22-10)20-16-8-18-7-15(21-16)19-12-3-4-13(17)11(6-12)9-24-2/h3-8H,9H2,1-2H3,(H3,19,20,21,22,23). The molecular weight excluding hydrogens is 328 g/mol. The van der Waals surface area contributed by atoms with Crippen LogP contribution in [0.1, 0.15) is 11.3 Å². The molecule has 0 aliphatic carbocycles. The van der Waals surface area contributed by atoms with Gasteiger partial charge in [-0.2, -0.15) is 5.10 Å². The lowest BCUT2D eigenvalue weighted by atomic mass is 10.2. The maximum absolute atomic E-state index is 6.14. The molecule has 7 nitrogen and oxygen atoms in total. The summed E-state index contributed by atoms with van der Waals surface area (Å²) >= 11 is 6.14. The van der Waals surface area contributed by atoms with E-state index in [1.54, 1.807) is 19.5 Å². The summed E-state index contributed by atoms with van der Waals surface area (Å²) in [5, 5.41) is 13.9. The Morgan fingerprint density at radius 3 is 2.62 bits per heavy atom. The van der Waals surface area contributed by atoms with Gasteiger partial charge in [0, 0.05) is 29.6 Å². The van der Waals surface area contributed by atoms with Gasteiger partial charge in [0.2, 0.25) is 0 Å². The monoisotopic (exact) mass is 344 g/mol. The van der Waals surface area contributed by atoms with Crippen LogP contribution in [0, 0.1) is 6.92 Å². The number of aromatic amines is 1. The smallest absolute Gasteiger partial charge is 0.153 e. The van der Waals surface area contributed by atoms with Crippen molar-refractivity contribution in [2.75, 3.05) is 17.7 Å². The number of anilines is 4. The van der Waals surface area contributed by atoms with Crippen LogP contribution in [0.25, 0.3) is 0 Å². The zero-order valence-electron chi connectivity index (χ0n) is 13.3. The van der Waals surface area contributed by atoms with Crippen LogP contribution in [-0.4, -0.2) is 27.3 Å².